The van der Waals surface area contributed by atoms with Gasteiger partial charge in [-0.15, -0.1) is 17.9 Å². The zero-order valence-corrected chi connectivity index (χ0v) is 11.5. The Morgan fingerprint density at radius 1 is 1.40 bits per heavy atom. The lowest BCUT2D eigenvalue weighted by molar-refractivity contribution is 0.0696. The molecule has 1 aromatic heterocycles. The van der Waals surface area contributed by atoms with E-state index in [0.717, 1.165) is 0 Å². The Kier molecular flexibility index (Phi) is 4.00. The van der Waals surface area contributed by atoms with E-state index in [-0.39, 0.29) is 11.1 Å². The Bertz CT molecular complexity index is 830. The van der Waals surface area contributed by atoms with Crippen molar-refractivity contribution in [2.24, 2.45) is 0 Å². The third kappa shape index (κ3) is 2.62. The molecule has 0 bridgehead atoms. The van der Waals surface area contributed by atoms with Gasteiger partial charge in [0.1, 0.15) is 0 Å². The number of carboxylic acids is 1. The van der Waals surface area contributed by atoms with Crippen molar-refractivity contribution >= 4 is 30.0 Å². The van der Waals surface area contributed by atoms with Crippen LogP contribution in [0.1, 0.15) is 15.9 Å². The summed E-state index contributed by atoms with van der Waals surface area (Å²) in [7, 11) is 0. The molecule has 102 valence electrons. The fraction of sp³-hybridized carbons (Fsp3) is 0.0667. The molecule has 0 unspecified atom stereocenters. The zero-order valence-electron chi connectivity index (χ0n) is 10.7. The van der Waals surface area contributed by atoms with Crippen LogP contribution < -0.4 is 14.8 Å². The molecule has 5 heteroatoms. The smallest absolute Gasteiger partial charge is 0.336 e. The predicted molar refractivity (Wildman–Crippen MR) is 80.5 cm³/mol. The molecule has 1 heterocycles. The van der Waals surface area contributed by atoms with Crippen LogP contribution in [0.2, 0.25) is 0 Å². The summed E-state index contributed by atoms with van der Waals surface area (Å²) < 4.78 is 2.59. The normalized spacial score (nSPS) is 11.5. The van der Waals surface area contributed by atoms with Crippen molar-refractivity contribution in [3.8, 4) is 0 Å². The van der Waals surface area contributed by atoms with Gasteiger partial charge < -0.3 is 5.11 Å². The van der Waals surface area contributed by atoms with Gasteiger partial charge in [0, 0.05) is 6.54 Å². The molecule has 0 atom stereocenters. The van der Waals surface area contributed by atoms with Gasteiger partial charge in [-0.2, -0.15) is 0 Å². The van der Waals surface area contributed by atoms with E-state index in [0.29, 0.717) is 21.3 Å². The molecular weight excluding hydrogens is 274 g/mol. The number of rotatable bonds is 4. The molecule has 4 nitrogen and oxygen atoms in total. The molecule has 0 aliphatic carbocycles. The number of aromatic nitrogens is 1. The Morgan fingerprint density at radius 2 is 2.10 bits per heavy atom. The molecule has 0 spiro atoms. The number of thiazole rings is 1. The predicted octanol–water partition coefficient (Wildman–Crippen LogP) is 1.03. The van der Waals surface area contributed by atoms with Crippen molar-refractivity contribution in [1.29, 1.82) is 0 Å². The summed E-state index contributed by atoms with van der Waals surface area (Å²) in [5.74, 6) is -1.02. The molecule has 1 aromatic carbocycles. The first-order valence-corrected chi connectivity index (χ1v) is 6.69. The lowest BCUT2D eigenvalue weighted by Crippen LogP contribution is -2.30. The molecule has 0 saturated heterocycles. The second kappa shape index (κ2) is 5.71. The first-order valence-electron chi connectivity index (χ1n) is 5.88. The molecule has 0 aliphatic rings. The third-order valence-corrected chi connectivity index (χ3v) is 3.74. The lowest BCUT2D eigenvalue weighted by Gasteiger charge is -1.98. The largest absolute Gasteiger partial charge is 0.478 e. The molecule has 2 aromatic rings. The molecule has 1 N–H and O–H groups in total. The van der Waals surface area contributed by atoms with Crippen LogP contribution in [0.4, 0.5) is 0 Å². The van der Waals surface area contributed by atoms with Gasteiger partial charge in [0.25, 0.3) is 5.56 Å². The number of carboxylic acid groups (broad SMARTS) is 1. The summed E-state index contributed by atoms with van der Waals surface area (Å²) in [5, 5.41) is 9.13. The van der Waals surface area contributed by atoms with E-state index in [1.54, 1.807) is 30.4 Å². The molecule has 0 saturated carbocycles. The van der Waals surface area contributed by atoms with Crippen molar-refractivity contribution in [3.63, 3.8) is 0 Å². The van der Waals surface area contributed by atoms with Gasteiger partial charge in [-0.25, -0.2) is 4.79 Å². The van der Waals surface area contributed by atoms with E-state index in [9.17, 15) is 9.59 Å². The van der Waals surface area contributed by atoms with Gasteiger partial charge in [0.2, 0.25) is 0 Å². The number of nitrogens with zero attached hydrogens (tertiary/aromatic N) is 1. The molecule has 20 heavy (non-hydrogen) atoms. The van der Waals surface area contributed by atoms with Crippen LogP contribution in [-0.2, 0) is 6.54 Å². The second-order valence-corrected chi connectivity index (χ2v) is 5.22. The number of carbonyl (C=O) groups is 1. The van der Waals surface area contributed by atoms with Crippen molar-refractivity contribution in [1.82, 2.24) is 4.57 Å². The zero-order chi connectivity index (χ0) is 14.7. The fourth-order valence-corrected chi connectivity index (χ4v) is 2.74. The number of aromatic carboxylic acids is 1. The molecular formula is C15H13NO3S. The van der Waals surface area contributed by atoms with Gasteiger partial charge in [0.15, 0.2) is 0 Å². The molecule has 0 aliphatic heterocycles. The summed E-state index contributed by atoms with van der Waals surface area (Å²) >= 11 is 1.24. The monoisotopic (exact) mass is 287 g/mol. The minimum atomic E-state index is -1.02. The molecule has 0 fully saturated rings. The fourth-order valence-electron chi connectivity index (χ4n) is 1.84. The van der Waals surface area contributed by atoms with Gasteiger partial charge in [-0.1, -0.05) is 30.9 Å². The second-order valence-electron chi connectivity index (χ2n) is 4.10. The van der Waals surface area contributed by atoms with Gasteiger partial charge in [-0.05, 0) is 17.7 Å². The topological polar surface area (TPSA) is 59.3 Å². The van der Waals surface area contributed by atoms with E-state index in [1.165, 1.54) is 22.0 Å². The van der Waals surface area contributed by atoms with Gasteiger partial charge in [-0.3, -0.25) is 9.36 Å². The first-order chi connectivity index (χ1) is 9.54. The standard InChI is InChI=1S/C15H13NO3S/c1-3-8-16-10(2)20-13(14(16)17)9-11-6-4-5-7-12(11)15(18)19/h3-7,9H,1-2,8H2,(H,18,19)/b13-9+. The summed E-state index contributed by atoms with van der Waals surface area (Å²) in [5.41, 5.74) is 0.491. The Balaban J connectivity index is 2.67. The highest BCUT2D eigenvalue weighted by atomic mass is 32.1. The first kappa shape index (κ1) is 14.0. The molecule has 0 amide bonds. The van der Waals surface area contributed by atoms with Gasteiger partial charge in [0.05, 0.1) is 14.8 Å². The minimum Gasteiger partial charge on any atom is -0.478 e. The number of hydrogen-bond acceptors (Lipinski definition) is 3. The quantitative estimate of drug-likeness (QED) is 0.855. The maximum Gasteiger partial charge on any atom is 0.336 e. The minimum absolute atomic E-state index is 0.168. The Morgan fingerprint density at radius 3 is 2.75 bits per heavy atom. The summed E-state index contributed by atoms with van der Waals surface area (Å²) in [6, 6.07) is 6.57. The SMILES string of the molecule is C=CCn1c(=C)s/c(=C/c2ccccc2C(=O)O)c1=O. The number of hydrogen-bond donors (Lipinski definition) is 1. The highest BCUT2D eigenvalue weighted by molar-refractivity contribution is 7.07. The van der Waals surface area contributed by atoms with Crippen LogP contribution in [0.5, 0.6) is 0 Å². The van der Waals surface area contributed by atoms with Crippen LogP contribution in [0, 0.1) is 0 Å². The Hall–Kier alpha value is -2.40. The third-order valence-electron chi connectivity index (χ3n) is 2.77. The van der Waals surface area contributed by atoms with Crippen molar-refractivity contribution in [3.05, 3.63) is 67.6 Å². The average molecular weight is 287 g/mol. The van der Waals surface area contributed by atoms with E-state index in [4.69, 9.17) is 5.11 Å². The summed E-state index contributed by atoms with van der Waals surface area (Å²) in [4.78, 5) is 23.3. The van der Waals surface area contributed by atoms with E-state index in [2.05, 4.69) is 13.2 Å². The van der Waals surface area contributed by atoms with Crippen LogP contribution in [0.15, 0.2) is 41.7 Å². The lowest BCUT2D eigenvalue weighted by atomic mass is 10.1. The van der Waals surface area contributed by atoms with Crippen LogP contribution in [-0.4, -0.2) is 15.6 Å². The van der Waals surface area contributed by atoms with Crippen molar-refractivity contribution in [2.75, 3.05) is 0 Å². The molecule has 0 radical (unpaired) electrons. The summed E-state index contributed by atoms with van der Waals surface area (Å²) in [6.07, 6.45) is 3.21. The maximum atomic E-state index is 12.2. The average Bonchev–Trinajstić information content (AvgIpc) is 2.67. The highest BCUT2D eigenvalue weighted by Gasteiger charge is 2.08. The van der Waals surface area contributed by atoms with Crippen LogP contribution in [0.25, 0.3) is 12.7 Å². The number of allylic oxidation sites excluding steroid dienone is 1. The van der Waals surface area contributed by atoms with Crippen molar-refractivity contribution in [2.45, 2.75) is 6.54 Å². The highest BCUT2D eigenvalue weighted by Crippen LogP contribution is 2.09. The number of benzene rings is 1. The van der Waals surface area contributed by atoms with E-state index in [1.807, 2.05) is 0 Å². The summed E-state index contributed by atoms with van der Waals surface area (Å²) in [6.45, 7) is 7.81. The van der Waals surface area contributed by atoms with E-state index >= 15 is 0 Å². The maximum absolute atomic E-state index is 12.2. The van der Waals surface area contributed by atoms with Crippen LogP contribution in [0.3, 0.4) is 0 Å². The molecule has 2 rings (SSSR count). The van der Waals surface area contributed by atoms with Gasteiger partial charge >= 0.3 is 5.97 Å². The van der Waals surface area contributed by atoms with Crippen LogP contribution >= 0.6 is 11.3 Å². The van der Waals surface area contributed by atoms with E-state index < -0.39 is 5.97 Å². The Labute approximate surface area is 119 Å². The van der Waals surface area contributed by atoms with Crippen molar-refractivity contribution < 1.29 is 9.90 Å².